The molecule has 0 atom stereocenters. The average Bonchev–Trinajstić information content (AvgIpc) is 2.75. The van der Waals surface area contributed by atoms with Crippen LogP contribution in [-0.2, 0) is 0 Å². The summed E-state index contributed by atoms with van der Waals surface area (Å²) in [6.07, 6.45) is 0. The van der Waals surface area contributed by atoms with Gasteiger partial charge < -0.3 is 14.2 Å². The molecule has 5 nitrogen and oxygen atoms in total. The maximum Gasteiger partial charge on any atom is 0.343 e. The molecule has 0 aliphatic carbocycles. The predicted molar refractivity (Wildman–Crippen MR) is 110 cm³/mol. The van der Waals surface area contributed by atoms with Crippen LogP contribution in [0.4, 0.5) is 0 Å². The largest absolute Gasteiger partial charge is 0.489 e. The van der Waals surface area contributed by atoms with Gasteiger partial charge in [-0.1, -0.05) is 56.3 Å². The fraction of sp³-hybridized carbons (Fsp3) is 0.167. The first-order valence-electron chi connectivity index (χ1n) is 9.35. The monoisotopic (exact) mass is 390 g/mol. The molecule has 0 spiro atoms. The first kappa shape index (κ1) is 20.1. The maximum atomic E-state index is 12.6. The van der Waals surface area contributed by atoms with Crippen LogP contribution < -0.4 is 14.2 Å². The van der Waals surface area contributed by atoms with Crippen molar-refractivity contribution in [1.29, 1.82) is 0 Å². The Balaban J connectivity index is 1.91. The van der Waals surface area contributed by atoms with E-state index >= 15 is 0 Å². The summed E-state index contributed by atoms with van der Waals surface area (Å²) in [4.78, 5) is 25.1. The minimum Gasteiger partial charge on any atom is -0.489 e. The number of hydrogen-bond acceptors (Lipinski definition) is 5. The number of para-hydroxylation sites is 1. The van der Waals surface area contributed by atoms with Gasteiger partial charge in [-0.05, 0) is 42.3 Å². The van der Waals surface area contributed by atoms with E-state index in [1.807, 2.05) is 26.0 Å². The van der Waals surface area contributed by atoms with Gasteiger partial charge in [0.05, 0.1) is 17.7 Å². The van der Waals surface area contributed by atoms with Gasteiger partial charge >= 0.3 is 11.9 Å². The molecule has 0 aliphatic rings. The Morgan fingerprint density at radius 2 is 1.21 bits per heavy atom. The van der Waals surface area contributed by atoms with Crippen LogP contribution in [0.2, 0.25) is 0 Å². The summed E-state index contributed by atoms with van der Waals surface area (Å²) >= 11 is 0. The molecular weight excluding hydrogens is 368 g/mol. The normalized spacial score (nSPS) is 10.4. The summed E-state index contributed by atoms with van der Waals surface area (Å²) in [7, 11) is 0. The molecule has 3 aromatic rings. The van der Waals surface area contributed by atoms with Crippen molar-refractivity contribution >= 4 is 11.9 Å². The molecule has 0 amide bonds. The van der Waals surface area contributed by atoms with Crippen molar-refractivity contribution in [3.8, 4) is 17.2 Å². The van der Waals surface area contributed by atoms with Crippen LogP contribution >= 0.6 is 0 Å². The lowest BCUT2D eigenvalue weighted by molar-refractivity contribution is 0.0676. The molecule has 0 bridgehead atoms. The molecule has 0 saturated carbocycles. The SMILES string of the molecule is CC(C)COc1cccc(OC(=O)c2ccccc2)c1OC(=O)c1ccccc1. The number of esters is 2. The Kier molecular flexibility index (Phi) is 6.63. The summed E-state index contributed by atoms with van der Waals surface area (Å²) in [6, 6.07) is 22.1. The van der Waals surface area contributed by atoms with E-state index in [4.69, 9.17) is 14.2 Å². The molecule has 0 heterocycles. The zero-order valence-corrected chi connectivity index (χ0v) is 16.3. The molecule has 0 radical (unpaired) electrons. The van der Waals surface area contributed by atoms with E-state index in [9.17, 15) is 9.59 Å². The Hall–Kier alpha value is -3.60. The van der Waals surface area contributed by atoms with Crippen molar-refractivity contribution in [2.75, 3.05) is 6.61 Å². The van der Waals surface area contributed by atoms with Gasteiger partial charge in [0.25, 0.3) is 0 Å². The Bertz CT molecular complexity index is 965. The van der Waals surface area contributed by atoms with Crippen LogP contribution in [0.3, 0.4) is 0 Å². The zero-order valence-electron chi connectivity index (χ0n) is 16.3. The Labute approximate surface area is 169 Å². The summed E-state index contributed by atoms with van der Waals surface area (Å²) in [6.45, 7) is 4.44. The van der Waals surface area contributed by atoms with E-state index in [1.165, 1.54) is 0 Å². The van der Waals surface area contributed by atoms with Gasteiger partial charge in [0, 0.05) is 0 Å². The highest BCUT2D eigenvalue weighted by molar-refractivity contribution is 5.93. The average molecular weight is 390 g/mol. The van der Waals surface area contributed by atoms with Crippen LogP contribution in [0.5, 0.6) is 17.2 Å². The second kappa shape index (κ2) is 9.55. The molecule has 0 unspecified atom stereocenters. The van der Waals surface area contributed by atoms with Gasteiger partial charge in [-0.15, -0.1) is 0 Å². The topological polar surface area (TPSA) is 61.8 Å². The fourth-order valence-corrected chi connectivity index (χ4v) is 2.51. The van der Waals surface area contributed by atoms with E-state index < -0.39 is 11.9 Å². The summed E-state index contributed by atoms with van der Waals surface area (Å²) < 4.78 is 16.9. The number of hydrogen-bond donors (Lipinski definition) is 0. The fourth-order valence-electron chi connectivity index (χ4n) is 2.51. The highest BCUT2D eigenvalue weighted by atomic mass is 16.6. The summed E-state index contributed by atoms with van der Waals surface area (Å²) in [5.74, 6) is -0.327. The van der Waals surface area contributed by atoms with E-state index in [0.717, 1.165) is 0 Å². The van der Waals surface area contributed by atoms with Crippen molar-refractivity contribution in [3.63, 3.8) is 0 Å². The van der Waals surface area contributed by atoms with Crippen molar-refractivity contribution in [2.24, 2.45) is 5.92 Å². The van der Waals surface area contributed by atoms with E-state index in [1.54, 1.807) is 66.7 Å². The Morgan fingerprint density at radius 3 is 1.76 bits per heavy atom. The first-order chi connectivity index (χ1) is 14.0. The minimum absolute atomic E-state index is 0.0753. The molecule has 0 fully saturated rings. The summed E-state index contributed by atoms with van der Waals surface area (Å²) in [5, 5.41) is 0. The van der Waals surface area contributed by atoms with Crippen molar-refractivity contribution < 1.29 is 23.8 Å². The lowest BCUT2D eigenvalue weighted by Crippen LogP contribution is -2.14. The Morgan fingerprint density at radius 1 is 0.690 bits per heavy atom. The number of carbonyl (C=O) groups is 2. The maximum absolute atomic E-state index is 12.6. The zero-order chi connectivity index (χ0) is 20.6. The molecule has 0 saturated heterocycles. The second-order valence-electron chi connectivity index (χ2n) is 6.80. The van der Waals surface area contributed by atoms with Gasteiger partial charge in [-0.3, -0.25) is 0 Å². The van der Waals surface area contributed by atoms with Crippen LogP contribution in [0.15, 0.2) is 78.9 Å². The van der Waals surface area contributed by atoms with Crippen LogP contribution in [0.1, 0.15) is 34.6 Å². The van der Waals surface area contributed by atoms with Crippen LogP contribution in [0.25, 0.3) is 0 Å². The number of carbonyl (C=O) groups excluding carboxylic acids is 2. The van der Waals surface area contributed by atoms with Gasteiger partial charge in [-0.25, -0.2) is 9.59 Å². The third kappa shape index (κ3) is 5.45. The molecule has 0 aromatic heterocycles. The molecule has 0 aliphatic heterocycles. The lowest BCUT2D eigenvalue weighted by atomic mass is 10.2. The molecule has 0 N–H and O–H groups in total. The molecule has 5 heteroatoms. The minimum atomic E-state index is -0.566. The van der Waals surface area contributed by atoms with E-state index in [-0.39, 0.29) is 17.4 Å². The third-order valence-electron chi connectivity index (χ3n) is 3.93. The first-order valence-corrected chi connectivity index (χ1v) is 9.35. The van der Waals surface area contributed by atoms with Crippen molar-refractivity contribution in [1.82, 2.24) is 0 Å². The second-order valence-corrected chi connectivity index (χ2v) is 6.80. The smallest absolute Gasteiger partial charge is 0.343 e. The predicted octanol–water partition coefficient (Wildman–Crippen LogP) is 5.16. The third-order valence-corrected chi connectivity index (χ3v) is 3.93. The molecular formula is C24H22O5. The number of rotatable bonds is 7. The van der Waals surface area contributed by atoms with Crippen LogP contribution in [-0.4, -0.2) is 18.5 Å². The standard InChI is InChI=1S/C24H22O5/c1-17(2)16-27-20-14-9-15-21(28-23(25)18-10-5-3-6-11-18)22(20)29-24(26)19-12-7-4-8-13-19/h3-15,17H,16H2,1-2H3. The number of benzene rings is 3. The van der Waals surface area contributed by atoms with Gasteiger partial charge in [0.15, 0.2) is 11.5 Å². The molecule has 3 aromatic carbocycles. The van der Waals surface area contributed by atoms with Crippen molar-refractivity contribution in [3.05, 3.63) is 90.0 Å². The van der Waals surface area contributed by atoms with Gasteiger partial charge in [0.2, 0.25) is 5.75 Å². The van der Waals surface area contributed by atoms with E-state index in [0.29, 0.717) is 23.5 Å². The van der Waals surface area contributed by atoms with Crippen LogP contribution in [0, 0.1) is 5.92 Å². The lowest BCUT2D eigenvalue weighted by Gasteiger charge is -2.16. The molecule has 3 rings (SSSR count). The molecule has 29 heavy (non-hydrogen) atoms. The van der Waals surface area contributed by atoms with E-state index in [2.05, 4.69) is 0 Å². The quantitative estimate of drug-likeness (QED) is 0.412. The van der Waals surface area contributed by atoms with Gasteiger partial charge in [-0.2, -0.15) is 0 Å². The van der Waals surface area contributed by atoms with Gasteiger partial charge in [0.1, 0.15) is 0 Å². The van der Waals surface area contributed by atoms with Crippen molar-refractivity contribution in [2.45, 2.75) is 13.8 Å². The highest BCUT2D eigenvalue weighted by Gasteiger charge is 2.20. The molecule has 148 valence electrons. The number of ether oxygens (including phenoxy) is 3. The summed E-state index contributed by atoms with van der Waals surface area (Å²) in [5.41, 5.74) is 0.771. The highest BCUT2D eigenvalue weighted by Crippen LogP contribution is 2.38.